The lowest BCUT2D eigenvalue weighted by molar-refractivity contribution is -0.0646. The van der Waals surface area contributed by atoms with Gasteiger partial charge in [0.25, 0.3) is 0 Å². The van der Waals surface area contributed by atoms with Crippen molar-refractivity contribution < 1.29 is 38.2 Å². The van der Waals surface area contributed by atoms with Crippen LogP contribution in [-0.2, 0) is 28.7 Å². The van der Waals surface area contributed by atoms with Crippen molar-refractivity contribution in [3.8, 4) is 6.07 Å². The van der Waals surface area contributed by atoms with Gasteiger partial charge in [-0.25, -0.2) is 14.1 Å². The summed E-state index contributed by atoms with van der Waals surface area (Å²) in [4.78, 5) is 14.1. The van der Waals surface area contributed by atoms with Crippen molar-refractivity contribution in [3.05, 3.63) is 29.8 Å². The first-order chi connectivity index (χ1) is 17.3. The summed E-state index contributed by atoms with van der Waals surface area (Å²) >= 11 is 0. The Bertz CT molecular complexity index is 1080. The van der Waals surface area contributed by atoms with E-state index >= 15 is 0 Å². The summed E-state index contributed by atoms with van der Waals surface area (Å²) in [6.45, 7) is 3.85. The Labute approximate surface area is 210 Å². The number of phosphoric acid groups is 1. The normalized spacial score (nSPS) is 25.7. The molecule has 5 atom stereocenters. The summed E-state index contributed by atoms with van der Waals surface area (Å²) in [5.74, 6) is 0. The van der Waals surface area contributed by atoms with Crippen LogP contribution in [0.25, 0.3) is 5.52 Å². The highest BCUT2D eigenvalue weighted by molar-refractivity contribution is 7.47. The maximum atomic E-state index is 12.2. The van der Waals surface area contributed by atoms with E-state index in [4.69, 9.17) is 18.5 Å². The zero-order chi connectivity index (χ0) is 26.2. The lowest BCUT2D eigenvalue weighted by atomic mass is 9.92. The van der Waals surface area contributed by atoms with Crippen LogP contribution in [0.3, 0.4) is 0 Å². The average Bonchev–Trinajstić information content (AvgIpc) is 3.40. The van der Waals surface area contributed by atoms with Gasteiger partial charge in [-0.1, -0.05) is 39.0 Å². The van der Waals surface area contributed by atoms with E-state index in [9.17, 15) is 24.9 Å². The third kappa shape index (κ3) is 6.68. The number of phosphoric ester groups is 1. The van der Waals surface area contributed by atoms with E-state index in [2.05, 4.69) is 17.0 Å². The van der Waals surface area contributed by atoms with Crippen molar-refractivity contribution in [1.29, 1.82) is 5.26 Å². The Morgan fingerprint density at radius 2 is 1.92 bits per heavy atom. The number of nitrogens with zero attached hydrogens (tertiary/aromatic N) is 4. The molecule has 0 amide bonds. The molecule has 0 saturated carbocycles. The van der Waals surface area contributed by atoms with Crippen molar-refractivity contribution in [3.63, 3.8) is 0 Å². The number of fused-ring (bicyclic) bond motifs is 1. The minimum atomic E-state index is -4.48. The zero-order valence-corrected chi connectivity index (χ0v) is 21.5. The van der Waals surface area contributed by atoms with Gasteiger partial charge in [-0.15, -0.1) is 0 Å². The molecule has 0 aliphatic carbocycles. The van der Waals surface area contributed by atoms with Gasteiger partial charge >= 0.3 is 7.82 Å². The fraction of sp³-hybridized carbons (Fsp3) is 0.696. The molecule has 1 unspecified atom stereocenters. The van der Waals surface area contributed by atoms with Gasteiger partial charge < -0.3 is 24.6 Å². The predicted molar refractivity (Wildman–Crippen MR) is 128 cm³/mol. The molecule has 2 aromatic heterocycles. The second kappa shape index (κ2) is 13.0. The number of hydrogen-bond acceptors (Lipinski definition) is 10. The molecular weight excluding hydrogens is 491 g/mol. The molecule has 1 aliphatic rings. The van der Waals surface area contributed by atoms with E-state index in [1.54, 1.807) is 19.1 Å². The Balaban J connectivity index is 1.49. The van der Waals surface area contributed by atoms with Gasteiger partial charge in [0.15, 0.2) is 0 Å². The predicted octanol–water partition coefficient (Wildman–Crippen LogP) is 2.39. The second-order valence-electron chi connectivity index (χ2n) is 8.78. The highest BCUT2D eigenvalue weighted by Crippen LogP contribution is 2.46. The van der Waals surface area contributed by atoms with Crippen molar-refractivity contribution in [1.82, 2.24) is 14.6 Å². The molecule has 2 aromatic rings. The number of rotatable bonds is 15. The summed E-state index contributed by atoms with van der Waals surface area (Å²) in [6.07, 6.45) is 3.59. The quantitative estimate of drug-likeness (QED) is 0.230. The largest absolute Gasteiger partial charge is 0.472 e. The van der Waals surface area contributed by atoms with Crippen molar-refractivity contribution in [2.75, 3.05) is 26.4 Å². The van der Waals surface area contributed by atoms with Crippen LogP contribution in [0.4, 0.5) is 0 Å². The standard InChI is InChI=1S/C23H35N4O8P/c1-3-4-5-6-7-8-11-32-12-13-33-36(30,31)34-14-19-21(28)22(29)23(15-24,35-19)20-10-9-18-17(2)25-16-26-27(18)20/h9-10,16,19,21-22,28-29H,3-8,11-14H2,1-2H3,(H,30,31)/t19-,21-,22-,23+/m1/s1. The highest BCUT2D eigenvalue weighted by atomic mass is 31.2. The smallest absolute Gasteiger partial charge is 0.387 e. The minimum absolute atomic E-state index is 0.129. The number of aryl methyl sites for hydroxylation is 1. The van der Waals surface area contributed by atoms with Gasteiger partial charge in [0, 0.05) is 6.61 Å². The summed E-state index contributed by atoms with van der Waals surface area (Å²) in [6, 6.07) is 5.14. The van der Waals surface area contributed by atoms with Crippen molar-refractivity contribution in [2.24, 2.45) is 0 Å². The summed E-state index contributed by atoms with van der Waals surface area (Å²) in [5, 5.41) is 35.3. The summed E-state index contributed by atoms with van der Waals surface area (Å²) in [7, 11) is -4.48. The number of aliphatic hydroxyl groups is 2. The topological polar surface area (TPSA) is 169 Å². The second-order valence-corrected chi connectivity index (χ2v) is 10.2. The number of nitriles is 1. The first-order valence-electron chi connectivity index (χ1n) is 12.2. The molecule has 0 spiro atoms. The molecule has 1 aliphatic heterocycles. The van der Waals surface area contributed by atoms with Gasteiger partial charge in [-0.05, 0) is 25.5 Å². The first kappa shape index (κ1) is 28.6. The van der Waals surface area contributed by atoms with Gasteiger partial charge in [-0.2, -0.15) is 10.4 Å². The van der Waals surface area contributed by atoms with E-state index in [-0.39, 0.29) is 18.9 Å². The van der Waals surface area contributed by atoms with Crippen LogP contribution >= 0.6 is 7.82 Å². The first-order valence-corrected chi connectivity index (χ1v) is 13.7. The highest BCUT2D eigenvalue weighted by Gasteiger charge is 2.57. The van der Waals surface area contributed by atoms with Gasteiger partial charge in [0.2, 0.25) is 5.60 Å². The molecule has 12 nitrogen and oxygen atoms in total. The summed E-state index contributed by atoms with van der Waals surface area (Å²) in [5.41, 5.74) is -0.554. The van der Waals surface area contributed by atoms with E-state index in [0.717, 1.165) is 12.8 Å². The molecule has 3 heterocycles. The molecule has 3 N–H and O–H groups in total. The van der Waals surface area contributed by atoms with Crippen molar-refractivity contribution in [2.45, 2.75) is 76.3 Å². The van der Waals surface area contributed by atoms with Crippen LogP contribution in [-0.4, -0.2) is 74.4 Å². The zero-order valence-electron chi connectivity index (χ0n) is 20.7. The maximum Gasteiger partial charge on any atom is 0.472 e. The number of aliphatic hydroxyl groups excluding tert-OH is 2. The Hall–Kier alpha value is -1.94. The van der Waals surface area contributed by atoms with Crippen LogP contribution in [0.1, 0.15) is 56.8 Å². The van der Waals surface area contributed by atoms with E-state index < -0.39 is 38.3 Å². The fourth-order valence-corrected chi connectivity index (χ4v) is 4.87. The van der Waals surface area contributed by atoms with Crippen molar-refractivity contribution >= 4 is 13.3 Å². The Morgan fingerprint density at radius 1 is 1.17 bits per heavy atom. The fourth-order valence-electron chi connectivity index (χ4n) is 4.16. The average molecular weight is 527 g/mol. The summed E-state index contributed by atoms with van der Waals surface area (Å²) < 4.78 is 34.7. The Kier molecular flexibility index (Phi) is 10.4. The monoisotopic (exact) mass is 526 g/mol. The maximum absolute atomic E-state index is 12.2. The van der Waals surface area contributed by atoms with Gasteiger partial charge in [0.05, 0.1) is 36.7 Å². The van der Waals surface area contributed by atoms with Gasteiger partial charge in [0.1, 0.15) is 30.7 Å². The van der Waals surface area contributed by atoms with Crippen LogP contribution in [0, 0.1) is 18.3 Å². The lowest BCUT2D eigenvalue weighted by Gasteiger charge is -2.24. The molecule has 36 heavy (non-hydrogen) atoms. The molecule has 13 heteroatoms. The molecule has 0 bridgehead atoms. The SMILES string of the molecule is CCCCCCCCOCCOP(=O)(O)OC[C@H]1O[C@@](C#N)(c2ccc3c(C)ncnn23)[C@H](O)[C@@H]1O. The molecule has 0 radical (unpaired) electrons. The lowest BCUT2D eigenvalue weighted by Crippen LogP contribution is -2.41. The molecule has 1 fully saturated rings. The number of unbranched alkanes of at least 4 members (excludes halogenated alkanes) is 5. The van der Waals surface area contributed by atoms with Crippen LogP contribution < -0.4 is 0 Å². The Morgan fingerprint density at radius 3 is 2.67 bits per heavy atom. The van der Waals surface area contributed by atoms with Crippen LogP contribution in [0.2, 0.25) is 0 Å². The van der Waals surface area contributed by atoms with Crippen LogP contribution in [0.5, 0.6) is 0 Å². The molecule has 1 saturated heterocycles. The number of aromatic nitrogens is 3. The van der Waals surface area contributed by atoms with Gasteiger partial charge in [-0.3, -0.25) is 9.05 Å². The molecular formula is C23H35N4O8P. The third-order valence-corrected chi connectivity index (χ3v) is 7.16. The van der Waals surface area contributed by atoms with E-state index in [1.807, 2.05) is 6.07 Å². The number of hydrogen-bond donors (Lipinski definition) is 3. The van der Waals surface area contributed by atoms with E-state index in [0.29, 0.717) is 17.8 Å². The third-order valence-electron chi connectivity index (χ3n) is 6.18. The van der Waals surface area contributed by atoms with E-state index in [1.165, 1.54) is 36.5 Å². The number of ether oxygens (including phenoxy) is 2. The minimum Gasteiger partial charge on any atom is -0.387 e. The molecule has 0 aromatic carbocycles. The molecule has 3 rings (SSSR count). The van der Waals surface area contributed by atoms with Crippen LogP contribution in [0.15, 0.2) is 18.5 Å². The molecule has 200 valence electrons.